The summed E-state index contributed by atoms with van der Waals surface area (Å²) in [5, 5.41) is 14.5. The molecule has 0 atom stereocenters. The number of nitrogens with zero attached hydrogens (tertiary/aromatic N) is 4. The average Bonchev–Trinajstić information content (AvgIpc) is 2.54. The molecule has 1 rings (SSSR count). The molecule has 0 radical (unpaired) electrons. The fourth-order valence-corrected chi connectivity index (χ4v) is 1.24. The summed E-state index contributed by atoms with van der Waals surface area (Å²) in [5.74, 6) is 2.57. The van der Waals surface area contributed by atoms with E-state index in [1.807, 2.05) is 18.5 Å². The van der Waals surface area contributed by atoms with Gasteiger partial charge in [0.15, 0.2) is 11.8 Å². The predicted molar refractivity (Wildman–Crippen MR) is 79.6 cm³/mol. The summed E-state index contributed by atoms with van der Waals surface area (Å²) in [5.41, 5.74) is 0. The molecule has 1 aromatic rings. The van der Waals surface area contributed by atoms with E-state index in [2.05, 4.69) is 39.7 Å². The van der Waals surface area contributed by atoms with Crippen LogP contribution < -0.4 is 10.6 Å². The average molecular weight is 352 g/mol. The molecule has 0 amide bonds. The van der Waals surface area contributed by atoms with Gasteiger partial charge < -0.3 is 15.2 Å². The number of aromatic nitrogens is 3. The van der Waals surface area contributed by atoms with Crippen molar-refractivity contribution in [2.75, 3.05) is 7.05 Å². The zero-order valence-electron chi connectivity index (χ0n) is 11.0. The van der Waals surface area contributed by atoms with Crippen molar-refractivity contribution in [3.63, 3.8) is 0 Å². The Kier molecular flexibility index (Phi) is 7.09. The molecule has 0 spiro atoms. The third-order valence-corrected chi connectivity index (χ3v) is 2.25. The third kappa shape index (κ3) is 4.88. The van der Waals surface area contributed by atoms with Crippen molar-refractivity contribution in [3.8, 4) is 0 Å². The summed E-state index contributed by atoms with van der Waals surface area (Å²) < 4.78 is 1.95. The molecule has 6 nitrogen and oxygen atoms in total. The Morgan fingerprint density at radius 3 is 2.47 bits per heavy atom. The maximum atomic E-state index is 4.12. The first-order valence-corrected chi connectivity index (χ1v) is 5.36. The van der Waals surface area contributed by atoms with Crippen LogP contribution >= 0.6 is 24.0 Å². The van der Waals surface area contributed by atoms with E-state index < -0.39 is 0 Å². The summed E-state index contributed by atoms with van der Waals surface area (Å²) in [6.45, 7) is 6.68. The van der Waals surface area contributed by atoms with E-state index in [4.69, 9.17) is 0 Å². The highest BCUT2D eigenvalue weighted by molar-refractivity contribution is 14.0. The lowest BCUT2D eigenvalue weighted by atomic mass is 10.4. The molecular weight excluding hydrogens is 331 g/mol. The van der Waals surface area contributed by atoms with Crippen molar-refractivity contribution in [1.29, 1.82) is 0 Å². The van der Waals surface area contributed by atoms with Crippen LogP contribution in [0.4, 0.5) is 0 Å². The molecule has 2 N–H and O–H groups in total. The molecule has 0 aromatic carbocycles. The van der Waals surface area contributed by atoms with Gasteiger partial charge in [-0.1, -0.05) is 0 Å². The van der Waals surface area contributed by atoms with Crippen LogP contribution in [-0.2, 0) is 13.6 Å². The van der Waals surface area contributed by atoms with Gasteiger partial charge >= 0.3 is 0 Å². The molecule has 98 valence electrons. The molecule has 0 aliphatic carbocycles. The van der Waals surface area contributed by atoms with Crippen LogP contribution in [0.2, 0.25) is 0 Å². The van der Waals surface area contributed by atoms with E-state index >= 15 is 0 Å². The largest absolute Gasteiger partial charge is 0.354 e. The second-order valence-corrected chi connectivity index (χ2v) is 3.95. The predicted octanol–water partition coefficient (Wildman–Crippen LogP) is 0.815. The summed E-state index contributed by atoms with van der Waals surface area (Å²) in [4.78, 5) is 4.12. The first-order valence-electron chi connectivity index (χ1n) is 5.36. The molecular formula is C10H21IN6. The van der Waals surface area contributed by atoms with Crippen molar-refractivity contribution in [2.24, 2.45) is 12.0 Å². The molecule has 0 unspecified atom stereocenters. The topological polar surface area (TPSA) is 67.1 Å². The van der Waals surface area contributed by atoms with Gasteiger partial charge in [-0.05, 0) is 20.8 Å². The lowest BCUT2D eigenvalue weighted by molar-refractivity contribution is 0.677. The molecule has 0 bridgehead atoms. The molecule has 0 fully saturated rings. The monoisotopic (exact) mass is 352 g/mol. The third-order valence-electron chi connectivity index (χ3n) is 2.25. The molecule has 0 saturated heterocycles. The van der Waals surface area contributed by atoms with Gasteiger partial charge in [-0.15, -0.1) is 34.2 Å². The number of nitrogens with one attached hydrogen (secondary N) is 2. The Morgan fingerprint density at radius 1 is 1.41 bits per heavy atom. The normalized spacial score (nSPS) is 11.3. The number of aryl methyl sites for hydroxylation is 1. The Bertz CT molecular complexity index is 371. The minimum atomic E-state index is 0. The highest BCUT2D eigenvalue weighted by atomic mass is 127. The van der Waals surface area contributed by atoms with Crippen LogP contribution in [0.15, 0.2) is 4.99 Å². The second kappa shape index (κ2) is 7.46. The summed E-state index contributed by atoms with van der Waals surface area (Å²) in [6, 6.07) is 0.354. The van der Waals surface area contributed by atoms with E-state index in [-0.39, 0.29) is 24.0 Å². The lowest BCUT2D eigenvalue weighted by Crippen LogP contribution is -2.40. The number of halogens is 1. The van der Waals surface area contributed by atoms with Gasteiger partial charge in [0.05, 0.1) is 6.54 Å². The summed E-state index contributed by atoms with van der Waals surface area (Å²) in [7, 11) is 3.70. The number of hydrogen-bond donors (Lipinski definition) is 2. The van der Waals surface area contributed by atoms with Crippen LogP contribution in [0.5, 0.6) is 0 Å². The maximum absolute atomic E-state index is 4.12. The van der Waals surface area contributed by atoms with Gasteiger partial charge in [0.1, 0.15) is 5.82 Å². The molecule has 7 heteroatoms. The van der Waals surface area contributed by atoms with Gasteiger partial charge in [0.25, 0.3) is 0 Å². The van der Waals surface area contributed by atoms with Crippen molar-refractivity contribution in [2.45, 2.75) is 33.4 Å². The Labute approximate surface area is 119 Å². The first-order chi connectivity index (χ1) is 7.54. The van der Waals surface area contributed by atoms with Gasteiger partial charge in [0, 0.05) is 20.1 Å². The number of aliphatic imine (C=N–C) groups is 1. The van der Waals surface area contributed by atoms with Crippen LogP contribution in [0.1, 0.15) is 25.5 Å². The van der Waals surface area contributed by atoms with Crippen LogP contribution in [0, 0.1) is 6.92 Å². The summed E-state index contributed by atoms with van der Waals surface area (Å²) >= 11 is 0. The lowest BCUT2D eigenvalue weighted by Gasteiger charge is -2.13. The van der Waals surface area contributed by atoms with Crippen molar-refractivity contribution in [1.82, 2.24) is 25.4 Å². The van der Waals surface area contributed by atoms with Crippen LogP contribution in [0.3, 0.4) is 0 Å². The summed E-state index contributed by atoms with van der Waals surface area (Å²) in [6.07, 6.45) is 0. The first kappa shape index (κ1) is 16.1. The fourth-order valence-electron chi connectivity index (χ4n) is 1.24. The van der Waals surface area contributed by atoms with Crippen molar-refractivity contribution in [3.05, 3.63) is 11.6 Å². The van der Waals surface area contributed by atoms with Gasteiger partial charge in [-0.3, -0.25) is 4.99 Å². The number of hydrogen-bond acceptors (Lipinski definition) is 3. The Balaban J connectivity index is 0.00000256. The zero-order chi connectivity index (χ0) is 12.1. The number of guanidine groups is 1. The van der Waals surface area contributed by atoms with E-state index in [9.17, 15) is 0 Å². The molecule has 17 heavy (non-hydrogen) atoms. The van der Waals surface area contributed by atoms with Crippen LogP contribution in [0.25, 0.3) is 0 Å². The molecule has 1 aromatic heterocycles. The standard InChI is InChI=1S/C10H20N6.HI/c1-7(2)13-10(11-4)12-6-9-15-14-8(3)16(9)5;/h7H,6H2,1-5H3,(H2,11,12,13);1H. The minimum absolute atomic E-state index is 0. The van der Waals surface area contributed by atoms with Crippen LogP contribution in [-0.4, -0.2) is 33.8 Å². The van der Waals surface area contributed by atoms with E-state index in [1.165, 1.54) is 0 Å². The highest BCUT2D eigenvalue weighted by Gasteiger charge is 2.06. The van der Waals surface area contributed by atoms with Gasteiger partial charge in [-0.2, -0.15) is 0 Å². The van der Waals surface area contributed by atoms with Crippen molar-refractivity contribution < 1.29 is 0 Å². The molecule has 1 heterocycles. The van der Waals surface area contributed by atoms with E-state index in [0.29, 0.717) is 12.6 Å². The quantitative estimate of drug-likeness (QED) is 0.480. The molecule has 0 saturated carbocycles. The number of rotatable bonds is 3. The Morgan fingerprint density at radius 2 is 2.06 bits per heavy atom. The fraction of sp³-hybridized carbons (Fsp3) is 0.700. The zero-order valence-corrected chi connectivity index (χ0v) is 13.3. The second-order valence-electron chi connectivity index (χ2n) is 3.95. The highest BCUT2D eigenvalue weighted by Crippen LogP contribution is 1.96. The van der Waals surface area contributed by atoms with Crippen molar-refractivity contribution >= 4 is 29.9 Å². The van der Waals surface area contributed by atoms with Gasteiger partial charge in [0.2, 0.25) is 0 Å². The smallest absolute Gasteiger partial charge is 0.191 e. The van der Waals surface area contributed by atoms with E-state index in [0.717, 1.165) is 17.6 Å². The molecule has 0 aliphatic heterocycles. The molecule has 0 aliphatic rings. The minimum Gasteiger partial charge on any atom is -0.354 e. The Hall–Kier alpha value is -0.860. The van der Waals surface area contributed by atoms with E-state index in [1.54, 1.807) is 7.05 Å². The van der Waals surface area contributed by atoms with Gasteiger partial charge in [-0.25, -0.2) is 0 Å². The maximum Gasteiger partial charge on any atom is 0.191 e. The SMILES string of the molecule is CN=C(NCc1nnc(C)n1C)NC(C)C.I.